The lowest BCUT2D eigenvalue weighted by Gasteiger charge is -2.54. The van der Waals surface area contributed by atoms with Crippen molar-refractivity contribution in [2.45, 2.75) is 103 Å². The van der Waals surface area contributed by atoms with Crippen molar-refractivity contribution in [2.75, 3.05) is 38.5 Å². The first kappa shape index (κ1) is 37.5. The Labute approximate surface area is 289 Å². The van der Waals surface area contributed by atoms with Crippen LogP contribution in [0.25, 0.3) is 0 Å². The molecule has 13 heteroatoms. The van der Waals surface area contributed by atoms with Crippen LogP contribution in [-0.2, 0) is 30.3 Å². The number of rotatable bonds is 13. The van der Waals surface area contributed by atoms with Crippen LogP contribution in [0.2, 0.25) is 0 Å². The predicted octanol–water partition coefficient (Wildman–Crippen LogP) is 3.01. The highest BCUT2D eigenvalue weighted by molar-refractivity contribution is 7.97. The first-order chi connectivity index (χ1) is 22.7. The highest BCUT2D eigenvalue weighted by Gasteiger charge is 2.48. The van der Waals surface area contributed by atoms with Crippen LogP contribution in [0.3, 0.4) is 0 Å². The van der Waals surface area contributed by atoms with E-state index in [4.69, 9.17) is 4.74 Å². The number of piperidine rings is 1. The number of ether oxygens (including phenoxy) is 1. The maximum absolute atomic E-state index is 13.2. The van der Waals surface area contributed by atoms with Crippen molar-refractivity contribution in [3.8, 4) is 0 Å². The molecule has 1 aromatic carbocycles. The summed E-state index contributed by atoms with van der Waals surface area (Å²) in [6.07, 6.45) is 5.50. The van der Waals surface area contributed by atoms with E-state index in [9.17, 15) is 24.0 Å². The molecule has 1 spiro atoms. The zero-order valence-electron chi connectivity index (χ0n) is 29.1. The van der Waals surface area contributed by atoms with Crippen molar-refractivity contribution in [1.29, 1.82) is 0 Å². The first-order valence-electron chi connectivity index (χ1n) is 17.3. The molecule has 2 aliphatic heterocycles. The molecule has 2 heterocycles. The maximum atomic E-state index is 13.2. The Kier molecular flexibility index (Phi) is 13.2. The van der Waals surface area contributed by atoms with Gasteiger partial charge in [-0.1, -0.05) is 56.1 Å². The van der Waals surface area contributed by atoms with Crippen LogP contribution in [0, 0.1) is 11.3 Å². The number of benzene rings is 1. The molecule has 1 aromatic rings. The molecule has 2 atom stereocenters. The van der Waals surface area contributed by atoms with Gasteiger partial charge in [-0.15, -0.1) is 0 Å². The summed E-state index contributed by atoms with van der Waals surface area (Å²) in [5, 5.41) is 10.6. The predicted molar refractivity (Wildman–Crippen MR) is 186 cm³/mol. The minimum Gasteiger partial charge on any atom is -0.444 e. The van der Waals surface area contributed by atoms with E-state index in [-0.39, 0.29) is 24.8 Å². The Morgan fingerprint density at radius 3 is 2.17 bits per heavy atom. The van der Waals surface area contributed by atoms with E-state index in [2.05, 4.69) is 25.6 Å². The Morgan fingerprint density at radius 2 is 1.56 bits per heavy atom. The van der Waals surface area contributed by atoms with Crippen molar-refractivity contribution < 1.29 is 28.7 Å². The summed E-state index contributed by atoms with van der Waals surface area (Å²) in [6.45, 7) is 11.1. The van der Waals surface area contributed by atoms with Crippen LogP contribution in [0.5, 0.6) is 0 Å². The third-order valence-electron chi connectivity index (χ3n) is 9.19. The van der Waals surface area contributed by atoms with Crippen molar-refractivity contribution in [3.63, 3.8) is 0 Å². The summed E-state index contributed by atoms with van der Waals surface area (Å²) in [5.74, 6) is -0.370. The molecule has 0 bridgehead atoms. The SMILES string of the molecule is CC(C)C[C@@H](NC(=O)CNC(=O)[C@@H](Cc1ccccc1)NC(=O)OC(C)(C)C)C(=O)NCC(=O)N1CCC2(CC1)CC(N1CCCS1)C2. The number of carbonyl (C=O) groups is 5. The average Bonchev–Trinajstić information content (AvgIpc) is 3.55. The molecule has 3 fully saturated rings. The van der Waals surface area contributed by atoms with Crippen LogP contribution < -0.4 is 21.3 Å². The molecule has 0 radical (unpaired) electrons. The van der Waals surface area contributed by atoms with E-state index < -0.39 is 48.0 Å². The lowest BCUT2D eigenvalue weighted by Crippen LogP contribution is -2.56. The Morgan fingerprint density at radius 1 is 0.917 bits per heavy atom. The quantitative estimate of drug-likeness (QED) is 0.232. The van der Waals surface area contributed by atoms with Crippen molar-refractivity contribution >= 4 is 41.7 Å². The molecule has 2 saturated heterocycles. The largest absolute Gasteiger partial charge is 0.444 e. The molecule has 0 unspecified atom stereocenters. The van der Waals surface area contributed by atoms with Gasteiger partial charge in [-0.3, -0.25) is 19.2 Å². The number of carbonyl (C=O) groups excluding carboxylic acids is 5. The van der Waals surface area contributed by atoms with E-state index in [1.165, 1.54) is 31.6 Å². The zero-order chi connectivity index (χ0) is 34.9. The fraction of sp³-hybridized carbons (Fsp3) is 0.686. The summed E-state index contributed by atoms with van der Waals surface area (Å²) in [6, 6.07) is 8.00. The van der Waals surface area contributed by atoms with Gasteiger partial charge < -0.3 is 30.9 Å². The smallest absolute Gasteiger partial charge is 0.408 e. The summed E-state index contributed by atoms with van der Waals surface area (Å²) < 4.78 is 7.88. The molecule has 3 aliphatic rings. The number of hydrogen-bond donors (Lipinski definition) is 4. The van der Waals surface area contributed by atoms with Gasteiger partial charge >= 0.3 is 6.09 Å². The fourth-order valence-electron chi connectivity index (χ4n) is 6.68. The number of likely N-dealkylation sites (tertiary alicyclic amines) is 1. The number of hydrogen-bond acceptors (Lipinski definition) is 8. The van der Waals surface area contributed by atoms with Gasteiger partial charge in [0.2, 0.25) is 23.6 Å². The Hall–Kier alpha value is -3.32. The van der Waals surface area contributed by atoms with Crippen LogP contribution in [0.4, 0.5) is 4.79 Å². The van der Waals surface area contributed by atoms with Gasteiger partial charge in [0.25, 0.3) is 0 Å². The number of nitrogens with zero attached hydrogens (tertiary/aromatic N) is 2. The topological polar surface area (TPSA) is 149 Å². The zero-order valence-corrected chi connectivity index (χ0v) is 30.0. The Balaban J connectivity index is 1.23. The van der Waals surface area contributed by atoms with Crippen LogP contribution >= 0.6 is 11.9 Å². The van der Waals surface area contributed by atoms with Crippen molar-refractivity contribution in [3.05, 3.63) is 35.9 Å². The lowest BCUT2D eigenvalue weighted by molar-refractivity contribution is -0.137. The molecule has 0 aromatic heterocycles. The second kappa shape index (κ2) is 16.9. The highest BCUT2D eigenvalue weighted by atomic mass is 32.2. The molecule has 266 valence electrons. The normalized spacial score (nSPS) is 19.2. The Bertz CT molecular complexity index is 1270. The second-order valence-electron chi connectivity index (χ2n) is 14.8. The summed E-state index contributed by atoms with van der Waals surface area (Å²) >= 11 is 1.97. The van der Waals surface area contributed by atoms with Crippen LogP contribution in [0.15, 0.2) is 30.3 Å². The van der Waals surface area contributed by atoms with Crippen LogP contribution in [-0.4, -0.2) is 101 Å². The molecule has 1 aliphatic carbocycles. The monoisotopic (exact) mass is 686 g/mol. The number of alkyl carbamates (subject to hydrolysis) is 1. The van der Waals surface area contributed by atoms with Crippen LogP contribution in [0.1, 0.15) is 78.7 Å². The van der Waals surface area contributed by atoms with Gasteiger partial charge in [0.1, 0.15) is 17.7 Å². The maximum Gasteiger partial charge on any atom is 0.408 e. The molecule has 4 N–H and O–H groups in total. The van der Waals surface area contributed by atoms with Gasteiger partial charge in [0.15, 0.2) is 0 Å². The lowest BCUT2D eigenvalue weighted by atomic mass is 9.60. The molecule has 5 amide bonds. The molecule has 4 rings (SSSR count). The molecular weight excluding hydrogens is 632 g/mol. The van der Waals surface area contributed by atoms with Gasteiger partial charge in [0.05, 0.1) is 13.1 Å². The minimum atomic E-state index is -0.990. The second-order valence-corrected chi connectivity index (χ2v) is 16.0. The van der Waals surface area contributed by atoms with Gasteiger partial charge in [0, 0.05) is 37.8 Å². The van der Waals surface area contributed by atoms with Gasteiger partial charge in [-0.25, -0.2) is 9.10 Å². The highest BCUT2D eigenvalue weighted by Crippen LogP contribution is 2.52. The standard InChI is InChI=1S/C35H54N6O6S/c1-24(2)18-27(31(44)37-23-30(43)40-15-12-35(13-16-40)20-26(21-35)41-14-9-17-48-41)38-29(42)22-36-32(45)28(19-25-10-7-6-8-11-25)39-33(46)47-34(3,4)5/h6-8,10-11,24,26-28H,9,12-23H2,1-5H3,(H,36,45)(H,37,44)(H,38,42)(H,39,46)/t27-,28-/m1/s1. The third-order valence-corrected chi connectivity index (χ3v) is 10.5. The molecule has 1 saturated carbocycles. The number of amides is 5. The van der Waals surface area contributed by atoms with Gasteiger partial charge in [-0.05, 0) is 76.2 Å². The molecular formula is C35H54N6O6S. The third kappa shape index (κ3) is 11.4. The summed E-state index contributed by atoms with van der Waals surface area (Å²) in [7, 11) is 0. The van der Waals surface area contributed by atoms with E-state index in [1.54, 1.807) is 20.8 Å². The van der Waals surface area contributed by atoms with E-state index in [1.807, 2.05) is 61.0 Å². The van der Waals surface area contributed by atoms with Crippen molar-refractivity contribution in [1.82, 2.24) is 30.5 Å². The summed E-state index contributed by atoms with van der Waals surface area (Å²) in [5.41, 5.74) is 0.416. The van der Waals surface area contributed by atoms with Crippen molar-refractivity contribution in [2.24, 2.45) is 11.3 Å². The molecule has 48 heavy (non-hydrogen) atoms. The van der Waals surface area contributed by atoms with E-state index in [0.717, 1.165) is 18.4 Å². The summed E-state index contributed by atoms with van der Waals surface area (Å²) in [4.78, 5) is 66.5. The first-order valence-corrected chi connectivity index (χ1v) is 18.2. The van der Waals surface area contributed by atoms with Gasteiger partial charge in [-0.2, -0.15) is 0 Å². The van der Waals surface area contributed by atoms with E-state index >= 15 is 0 Å². The fourth-order valence-corrected chi connectivity index (χ4v) is 7.79. The number of nitrogens with one attached hydrogen (secondary N) is 4. The average molecular weight is 687 g/mol. The van der Waals surface area contributed by atoms with E-state index in [0.29, 0.717) is 31.0 Å². The minimum absolute atomic E-state index is 0.0863. The molecule has 12 nitrogen and oxygen atoms in total.